The topological polar surface area (TPSA) is 88.2 Å². The van der Waals surface area contributed by atoms with Crippen LogP contribution >= 0.6 is 15.9 Å². The van der Waals surface area contributed by atoms with Crippen molar-refractivity contribution in [2.75, 3.05) is 11.1 Å². The molecule has 2 rings (SSSR count). The monoisotopic (exact) mass is 321 g/mol. The van der Waals surface area contributed by atoms with E-state index in [0.29, 0.717) is 5.82 Å². The molecule has 1 heterocycles. The van der Waals surface area contributed by atoms with Crippen LogP contribution in [-0.4, -0.2) is 16.1 Å². The number of nitrogens with two attached hydrogens (primary N) is 1. The third-order valence-electron chi connectivity index (χ3n) is 2.62. The minimum Gasteiger partial charge on any atom is -0.478 e. The molecule has 4 N–H and O–H groups in total. The number of nitrogens with one attached hydrogen (secondary N) is 1. The molecular formula is C13H12BrN3O2. The summed E-state index contributed by atoms with van der Waals surface area (Å²) in [6, 6.07) is 7.15. The normalized spacial score (nSPS) is 10.2. The smallest absolute Gasteiger partial charge is 0.337 e. The van der Waals surface area contributed by atoms with Crippen LogP contribution in [0.15, 0.2) is 34.9 Å². The molecule has 0 aliphatic carbocycles. The molecule has 0 radical (unpaired) electrons. The molecule has 0 saturated carbocycles. The Balaban J connectivity index is 2.33. The van der Waals surface area contributed by atoms with Gasteiger partial charge in [-0.25, -0.2) is 9.78 Å². The zero-order chi connectivity index (χ0) is 14.0. The van der Waals surface area contributed by atoms with Gasteiger partial charge in [0.1, 0.15) is 5.82 Å². The van der Waals surface area contributed by atoms with E-state index in [2.05, 4.69) is 26.2 Å². The maximum absolute atomic E-state index is 11.0. The Morgan fingerprint density at radius 3 is 2.79 bits per heavy atom. The Morgan fingerprint density at radius 2 is 2.16 bits per heavy atom. The highest BCUT2D eigenvalue weighted by Gasteiger charge is 2.10. The predicted octanol–water partition coefficient (Wildman–Crippen LogP) is 3.18. The fourth-order valence-electron chi connectivity index (χ4n) is 1.62. The van der Waals surface area contributed by atoms with Crippen LogP contribution in [-0.2, 0) is 0 Å². The van der Waals surface area contributed by atoms with Crippen LogP contribution < -0.4 is 11.1 Å². The molecule has 1 aromatic carbocycles. The standard InChI is InChI=1S/C13H12BrN3O2/c1-7-4-8(14)2-3-11(7)17-12-5-9(13(18)19)10(15)6-16-12/h2-6H,15H2,1H3,(H,16,17)(H,18,19). The summed E-state index contributed by atoms with van der Waals surface area (Å²) in [6.07, 6.45) is 1.33. The summed E-state index contributed by atoms with van der Waals surface area (Å²) in [5.74, 6) is -0.632. The number of rotatable bonds is 3. The molecule has 0 atom stereocenters. The van der Waals surface area contributed by atoms with E-state index in [1.54, 1.807) is 0 Å². The second kappa shape index (κ2) is 5.27. The molecule has 2 aromatic rings. The number of pyridine rings is 1. The Labute approximate surface area is 118 Å². The Morgan fingerprint density at radius 1 is 1.42 bits per heavy atom. The number of aromatic carboxylic acids is 1. The van der Waals surface area contributed by atoms with Crippen LogP contribution in [0.5, 0.6) is 0 Å². The van der Waals surface area contributed by atoms with Gasteiger partial charge in [0.2, 0.25) is 0 Å². The largest absolute Gasteiger partial charge is 0.478 e. The molecule has 19 heavy (non-hydrogen) atoms. The number of hydrogen-bond donors (Lipinski definition) is 3. The van der Waals surface area contributed by atoms with Crippen LogP contribution in [0.4, 0.5) is 17.2 Å². The van der Waals surface area contributed by atoms with E-state index >= 15 is 0 Å². The molecule has 0 bridgehead atoms. The van der Waals surface area contributed by atoms with Gasteiger partial charge in [-0.2, -0.15) is 0 Å². The second-order valence-electron chi connectivity index (χ2n) is 4.05. The predicted molar refractivity (Wildman–Crippen MR) is 77.8 cm³/mol. The average molecular weight is 322 g/mol. The van der Waals surface area contributed by atoms with Gasteiger partial charge in [-0.3, -0.25) is 0 Å². The summed E-state index contributed by atoms with van der Waals surface area (Å²) in [5, 5.41) is 12.1. The SMILES string of the molecule is Cc1cc(Br)ccc1Nc1cc(C(=O)O)c(N)cn1. The number of aryl methyl sites for hydroxylation is 1. The van der Waals surface area contributed by atoms with Gasteiger partial charge >= 0.3 is 5.97 Å². The lowest BCUT2D eigenvalue weighted by molar-refractivity contribution is 0.0698. The van der Waals surface area contributed by atoms with Crippen LogP contribution in [0.1, 0.15) is 15.9 Å². The molecule has 0 amide bonds. The molecule has 0 spiro atoms. The van der Waals surface area contributed by atoms with Crippen molar-refractivity contribution >= 4 is 39.1 Å². The van der Waals surface area contributed by atoms with Crippen LogP contribution in [0.25, 0.3) is 0 Å². The van der Waals surface area contributed by atoms with Crippen molar-refractivity contribution in [2.24, 2.45) is 0 Å². The van der Waals surface area contributed by atoms with Gasteiger partial charge in [-0.15, -0.1) is 0 Å². The highest BCUT2D eigenvalue weighted by molar-refractivity contribution is 9.10. The van der Waals surface area contributed by atoms with Gasteiger partial charge < -0.3 is 16.2 Å². The van der Waals surface area contributed by atoms with Gasteiger partial charge in [-0.05, 0) is 36.8 Å². The summed E-state index contributed by atoms with van der Waals surface area (Å²) in [5.41, 5.74) is 7.61. The highest BCUT2D eigenvalue weighted by Crippen LogP contribution is 2.24. The van der Waals surface area contributed by atoms with E-state index in [-0.39, 0.29) is 11.3 Å². The lowest BCUT2D eigenvalue weighted by Crippen LogP contribution is -2.05. The maximum atomic E-state index is 11.0. The van der Waals surface area contributed by atoms with Crippen LogP contribution in [0, 0.1) is 6.92 Å². The molecule has 1 aromatic heterocycles. The number of halogens is 1. The molecule has 0 aliphatic heterocycles. The van der Waals surface area contributed by atoms with Gasteiger partial charge in [0.15, 0.2) is 0 Å². The molecule has 0 saturated heterocycles. The molecule has 5 nitrogen and oxygen atoms in total. The van der Waals surface area contributed by atoms with E-state index in [4.69, 9.17) is 10.8 Å². The number of carbonyl (C=O) groups is 1. The first-order valence-electron chi connectivity index (χ1n) is 5.49. The molecule has 98 valence electrons. The van der Waals surface area contributed by atoms with Crippen molar-refractivity contribution in [3.63, 3.8) is 0 Å². The van der Waals surface area contributed by atoms with Crippen molar-refractivity contribution < 1.29 is 9.90 Å². The van der Waals surface area contributed by atoms with Crippen LogP contribution in [0.2, 0.25) is 0 Å². The number of nitrogens with zero attached hydrogens (tertiary/aromatic N) is 1. The van der Waals surface area contributed by atoms with E-state index < -0.39 is 5.97 Å². The number of nitrogen functional groups attached to an aromatic ring is 1. The van der Waals surface area contributed by atoms with Gasteiger partial charge in [0.25, 0.3) is 0 Å². The summed E-state index contributed by atoms with van der Waals surface area (Å²) >= 11 is 3.38. The second-order valence-corrected chi connectivity index (χ2v) is 4.96. The Bertz CT molecular complexity index is 644. The van der Waals surface area contributed by atoms with E-state index in [9.17, 15) is 4.79 Å². The minimum atomic E-state index is -1.07. The van der Waals surface area contributed by atoms with Gasteiger partial charge in [-0.1, -0.05) is 15.9 Å². The van der Waals surface area contributed by atoms with E-state index in [0.717, 1.165) is 15.7 Å². The quantitative estimate of drug-likeness (QED) is 0.808. The first-order chi connectivity index (χ1) is 8.97. The molecule has 0 fully saturated rings. The van der Waals surface area contributed by atoms with Gasteiger partial charge in [0.05, 0.1) is 17.4 Å². The van der Waals surface area contributed by atoms with Crippen molar-refractivity contribution in [1.82, 2.24) is 4.98 Å². The third-order valence-corrected chi connectivity index (χ3v) is 3.11. The van der Waals surface area contributed by atoms with Crippen molar-refractivity contribution in [1.29, 1.82) is 0 Å². The van der Waals surface area contributed by atoms with Crippen LogP contribution in [0.3, 0.4) is 0 Å². The number of carboxylic acid groups (broad SMARTS) is 1. The first-order valence-corrected chi connectivity index (χ1v) is 6.28. The van der Waals surface area contributed by atoms with Crippen molar-refractivity contribution in [3.8, 4) is 0 Å². The Kier molecular flexibility index (Phi) is 3.71. The zero-order valence-corrected chi connectivity index (χ0v) is 11.7. The van der Waals surface area contributed by atoms with Gasteiger partial charge in [0, 0.05) is 10.2 Å². The Hall–Kier alpha value is -2.08. The minimum absolute atomic E-state index is 0.0345. The fraction of sp³-hybridized carbons (Fsp3) is 0.0769. The molecule has 0 aliphatic rings. The lowest BCUT2D eigenvalue weighted by Gasteiger charge is -2.10. The van der Waals surface area contributed by atoms with E-state index in [1.807, 2.05) is 25.1 Å². The third kappa shape index (κ3) is 3.03. The number of benzene rings is 1. The summed E-state index contributed by atoms with van der Waals surface area (Å²) < 4.78 is 0.979. The maximum Gasteiger partial charge on any atom is 0.337 e. The number of aromatic nitrogens is 1. The number of anilines is 3. The van der Waals surface area contributed by atoms with E-state index in [1.165, 1.54) is 12.3 Å². The van der Waals surface area contributed by atoms with Crippen molar-refractivity contribution in [2.45, 2.75) is 6.92 Å². The summed E-state index contributed by atoms with van der Waals surface area (Å²) in [4.78, 5) is 15.1. The lowest BCUT2D eigenvalue weighted by atomic mass is 10.2. The molecule has 0 unspecified atom stereocenters. The fourth-order valence-corrected chi connectivity index (χ4v) is 2.10. The number of carboxylic acids is 1. The molecule has 6 heteroatoms. The zero-order valence-electron chi connectivity index (χ0n) is 10.1. The average Bonchev–Trinajstić information content (AvgIpc) is 2.34. The number of hydrogen-bond acceptors (Lipinski definition) is 4. The summed E-state index contributed by atoms with van der Waals surface area (Å²) in [6.45, 7) is 1.95. The molecular weight excluding hydrogens is 310 g/mol. The van der Waals surface area contributed by atoms with Crippen molar-refractivity contribution in [3.05, 3.63) is 46.1 Å². The summed E-state index contributed by atoms with van der Waals surface area (Å²) in [7, 11) is 0. The highest BCUT2D eigenvalue weighted by atomic mass is 79.9. The first kappa shape index (κ1) is 13.4.